The van der Waals surface area contributed by atoms with Gasteiger partial charge in [-0.25, -0.2) is 0 Å². The summed E-state index contributed by atoms with van der Waals surface area (Å²) in [4.78, 5) is 10.6. The average Bonchev–Trinajstić information content (AvgIpc) is 2.35. The summed E-state index contributed by atoms with van der Waals surface area (Å²) >= 11 is 0. The molecule has 0 aromatic heterocycles. The fourth-order valence-corrected chi connectivity index (χ4v) is 3.00. The van der Waals surface area contributed by atoms with Crippen molar-refractivity contribution in [3.8, 4) is 5.75 Å². The third-order valence-electron chi connectivity index (χ3n) is 3.80. The van der Waals surface area contributed by atoms with Crippen LogP contribution in [0, 0.1) is 0 Å². The number of rotatable bonds is 6. The Labute approximate surface area is 123 Å². The van der Waals surface area contributed by atoms with Gasteiger partial charge in [0.15, 0.2) is 8.32 Å². The van der Waals surface area contributed by atoms with E-state index < -0.39 is 8.32 Å². The molecule has 3 nitrogen and oxygen atoms in total. The molecule has 0 N–H and O–H groups in total. The molecule has 0 amide bonds. The van der Waals surface area contributed by atoms with Crippen LogP contribution in [-0.4, -0.2) is 27.3 Å². The van der Waals surface area contributed by atoms with E-state index in [4.69, 9.17) is 9.16 Å². The van der Waals surface area contributed by atoms with Gasteiger partial charge in [0, 0.05) is 5.56 Å². The van der Waals surface area contributed by atoms with Crippen LogP contribution in [0.5, 0.6) is 5.75 Å². The van der Waals surface area contributed by atoms with E-state index in [1.165, 1.54) is 0 Å². The summed E-state index contributed by atoms with van der Waals surface area (Å²) in [6.45, 7) is 13.7. The monoisotopic (exact) mass is 294 g/mol. The molecule has 0 aliphatic carbocycles. The van der Waals surface area contributed by atoms with E-state index in [9.17, 15) is 4.79 Å². The number of hydrogen-bond acceptors (Lipinski definition) is 3. The number of aldehydes is 1. The fraction of sp³-hybridized carbons (Fsp3) is 0.562. The van der Waals surface area contributed by atoms with Crippen LogP contribution in [0.4, 0.5) is 0 Å². The maximum Gasteiger partial charge on any atom is 0.192 e. The van der Waals surface area contributed by atoms with Crippen molar-refractivity contribution < 1.29 is 14.0 Å². The Morgan fingerprint density at radius 2 is 1.75 bits per heavy atom. The van der Waals surface area contributed by atoms with Crippen molar-refractivity contribution in [1.82, 2.24) is 0 Å². The molecule has 0 aliphatic heterocycles. The SMILES string of the molecule is C[C@@H](COc1ccc(C=O)cc1)O[Si](C)(C)C(C)(C)C. The molecule has 0 heterocycles. The Kier molecular flexibility index (Phi) is 5.54. The van der Waals surface area contributed by atoms with Crippen molar-refractivity contribution in [3.05, 3.63) is 29.8 Å². The summed E-state index contributed by atoms with van der Waals surface area (Å²) in [5, 5.41) is 0.201. The molecule has 1 atom stereocenters. The molecular formula is C16H26O3Si. The summed E-state index contributed by atoms with van der Waals surface area (Å²) in [5.74, 6) is 0.765. The van der Waals surface area contributed by atoms with Crippen molar-refractivity contribution in [2.24, 2.45) is 0 Å². The van der Waals surface area contributed by atoms with E-state index in [1.54, 1.807) is 12.1 Å². The quantitative estimate of drug-likeness (QED) is 0.580. The Bertz CT molecular complexity index is 432. The predicted octanol–water partition coefficient (Wildman–Crippen LogP) is 4.29. The van der Waals surface area contributed by atoms with Crippen LogP contribution in [-0.2, 0) is 4.43 Å². The van der Waals surface area contributed by atoms with Crippen molar-refractivity contribution in [2.75, 3.05) is 6.61 Å². The van der Waals surface area contributed by atoms with Gasteiger partial charge in [-0.2, -0.15) is 0 Å². The lowest BCUT2D eigenvalue weighted by atomic mass is 10.2. The fourth-order valence-electron chi connectivity index (χ4n) is 1.57. The second-order valence-corrected chi connectivity index (χ2v) is 11.4. The summed E-state index contributed by atoms with van der Waals surface area (Å²) in [6, 6.07) is 7.12. The van der Waals surface area contributed by atoms with Crippen molar-refractivity contribution in [2.45, 2.75) is 51.9 Å². The highest BCUT2D eigenvalue weighted by atomic mass is 28.4. The third kappa shape index (κ3) is 4.76. The topological polar surface area (TPSA) is 35.5 Å². The first-order chi connectivity index (χ1) is 9.15. The molecule has 20 heavy (non-hydrogen) atoms. The van der Waals surface area contributed by atoms with Gasteiger partial charge < -0.3 is 9.16 Å². The Morgan fingerprint density at radius 1 is 1.20 bits per heavy atom. The minimum absolute atomic E-state index is 0.0571. The Morgan fingerprint density at radius 3 is 2.20 bits per heavy atom. The molecule has 1 aromatic rings. The van der Waals surface area contributed by atoms with E-state index in [0.717, 1.165) is 12.0 Å². The van der Waals surface area contributed by atoms with E-state index in [2.05, 4.69) is 33.9 Å². The van der Waals surface area contributed by atoms with Gasteiger partial charge in [-0.1, -0.05) is 20.8 Å². The number of benzene rings is 1. The number of ether oxygens (including phenoxy) is 1. The van der Waals surface area contributed by atoms with Crippen LogP contribution in [0.25, 0.3) is 0 Å². The van der Waals surface area contributed by atoms with Gasteiger partial charge in [0.1, 0.15) is 18.6 Å². The average molecular weight is 294 g/mol. The van der Waals surface area contributed by atoms with Crippen LogP contribution in [0.3, 0.4) is 0 Å². The van der Waals surface area contributed by atoms with Crippen molar-refractivity contribution in [1.29, 1.82) is 0 Å². The van der Waals surface area contributed by atoms with E-state index >= 15 is 0 Å². The lowest BCUT2D eigenvalue weighted by Gasteiger charge is -2.38. The first-order valence-electron chi connectivity index (χ1n) is 7.01. The van der Waals surface area contributed by atoms with Gasteiger partial charge in [0.05, 0.1) is 6.10 Å². The van der Waals surface area contributed by atoms with Gasteiger partial charge in [-0.3, -0.25) is 4.79 Å². The smallest absolute Gasteiger partial charge is 0.192 e. The number of carbonyl (C=O) groups excluding carboxylic acids is 1. The number of carbonyl (C=O) groups is 1. The summed E-state index contributed by atoms with van der Waals surface area (Å²) in [6.07, 6.45) is 0.883. The standard InChI is InChI=1S/C16H26O3Si/c1-13(19-20(5,6)16(2,3)4)12-18-15-9-7-14(11-17)8-10-15/h7-11,13H,12H2,1-6H3/t13-/m0/s1. The second-order valence-electron chi connectivity index (χ2n) is 6.69. The summed E-state index contributed by atoms with van der Waals surface area (Å²) < 4.78 is 11.9. The van der Waals surface area contributed by atoms with Gasteiger partial charge in [-0.05, 0) is 49.3 Å². The molecule has 1 rings (SSSR count). The van der Waals surface area contributed by atoms with Crippen molar-refractivity contribution in [3.63, 3.8) is 0 Å². The van der Waals surface area contributed by atoms with Crippen LogP contribution in [0.1, 0.15) is 38.1 Å². The zero-order valence-corrected chi connectivity index (χ0v) is 14.4. The molecule has 0 fully saturated rings. The molecule has 0 bridgehead atoms. The normalized spacial score (nSPS) is 13.9. The molecule has 1 aromatic carbocycles. The second kappa shape index (κ2) is 6.55. The molecule has 0 saturated carbocycles. The summed E-state index contributed by atoms with van der Waals surface area (Å²) in [7, 11) is -1.75. The Hall–Kier alpha value is -1.13. The zero-order chi connectivity index (χ0) is 15.4. The molecular weight excluding hydrogens is 268 g/mol. The third-order valence-corrected chi connectivity index (χ3v) is 8.41. The molecule has 0 unspecified atom stereocenters. The van der Waals surface area contributed by atoms with Crippen molar-refractivity contribution >= 4 is 14.6 Å². The maximum absolute atomic E-state index is 10.6. The molecule has 0 spiro atoms. The zero-order valence-electron chi connectivity index (χ0n) is 13.4. The molecule has 4 heteroatoms. The molecule has 0 radical (unpaired) electrons. The minimum Gasteiger partial charge on any atom is -0.491 e. The van der Waals surface area contributed by atoms with E-state index in [0.29, 0.717) is 12.2 Å². The van der Waals surface area contributed by atoms with Gasteiger partial charge >= 0.3 is 0 Å². The predicted molar refractivity (Wildman–Crippen MR) is 85.1 cm³/mol. The molecule has 0 saturated heterocycles. The van der Waals surface area contributed by atoms with Crippen LogP contribution in [0.15, 0.2) is 24.3 Å². The molecule has 0 aliphatic rings. The van der Waals surface area contributed by atoms with Crippen LogP contribution < -0.4 is 4.74 Å². The molecule has 112 valence electrons. The summed E-state index contributed by atoms with van der Waals surface area (Å²) in [5.41, 5.74) is 0.655. The van der Waals surface area contributed by atoms with E-state index in [-0.39, 0.29) is 11.1 Å². The van der Waals surface area contributed by atoms with E-state index in [1.807, 2.05) is 19.1 Å². The lowest BCUT2D eigenvalue weighted by Crippen LogP contribution is -2.44. The maximum atomic E-state index is 10.6. The minimum atomic E-state index is -1.75. The van der Waals surface area contributed by atoms with Crippen LogP contribution >= 0.6 is 0 Å². The number of hydrogen-bond donors (Lipinski definition) is 0. The van der Waals surface area contributed by atoms with Gasteiger partial charge in [-0.15, -0.1) is 0 Å². The lowest BCUT2D eigenvalue weighted by molar-refractivity contribution is 0.112. The largest absolute Gasteiger partial charge is 0.491 e. The van der Waals surface area contributed by atoms with Crippen LogP contribution in [0.2, 0.25) is 18.1 Å². The van der Waals surface area contributed by atoms with Gasteiger partial charge in [0.25, 0.3) is 0 Å². The first-order valence-corrected chi connectivity index (χ1v) is 9.92. The Balaban J connectivity index is 2.50. The highest BCUT2D eigenvalue weighted by molar-refractivity contribution is 6.74. The van der Waals surface area contributed by atoms with Gasteiger partial charge in [0.2, 0.25) is 0 Å². The highest BCUT2D eigenvalue weighted by Crippen LogP contribution is 2.37. The first kappa shape index (κ1) is 16.9. The highest BCUT2D eigenvalue weighted by Gasteiger charge is 2.38.